The number of benzene rings is 1. The summed E-state index contributed by atoms with van der Waals surface area (Å²) in [5, 5.41) is 11.1. The van der Waals surface area contributed by atoms with Gasteiger partial charge in [0.15, 0.2) is 11.0 Å². The molecule has 0 aliphatic rings. The molecule has 0 aliphatic carbocycles. The Hall–Kier alpha value is -2.81. The van der Waals surface area contributed by atoms with Gasteiger partial charge in [0.05, 0.1) is 5.75 Å². The highest BCUT2D eigenvalue weighted by molar-refractivity contribution is 7.99. The van der Waals surface area contributed by atoms with E-state index in [9.17, 15) is 13.6 Å². The number of thioether (sulfide) groups is 1. The Kier molecular flexibility index (Phi) is 5.03. The predicted octanol–water partition coefficient (Wildman–Crippen LogP) is 2.89. The van der Waals surface area contributed by atoms with Crippen molar-refractivity contribution in [1.82, 2.24) is 19.7 Å². The summed E-state index contributed by atoms with van der Waals surface area (Å²) in [4.78, 5) is 16.0. The third kappa shape index (κ3) is 4.18. The molecule has 0 fully saturated rings. The molecule has 0 aliphatic heterocycles. The van der Waals surface area contributed by atoms with Gasteiger partial charge in [0.2, 0.25) is 5.91 Å². The van der Waals surface area contributed by atoms with E-state index in [4.69, 9.17) is 0 Å². The smallest absolute Gasteiger partial charge is 0.234 e. The highest BCUT2D eigenvalue weighted by Gasteiger charge is 2.13. The first-order chi connectivity index (χ1) is 12.0. The van der Waals surface area contributed by atoms with Crippen molar-refractivity contribution < 1.29 is 13.6 Å². The molecule has 0 radical (unpaired) electrons. The molecule has 0 saturated carbocycles. The number of nitrogens with one attached hydrogen (secondary N) is 1. The number of carbonyl (C=O) groups is 1. The van der Waals surface area contributed by atoms with E-state index in [1.54, 1.807) is 30.1 Å². The third-order valence-electron chi connectivity index (χ3n) is 3.23. The number of hydrogen-bond acceptors (Lipinski definition) is 5. The summed E-state index contributed by atoms with van der Waals surface area (Å²) in [6.45, 7) is 0. The van der Waals surface area contributed by atoms with Crippen LogP contribution in [0, 0.1) is 11.6 Å². The van der Waals surface area contributed by atoms with Gasteiger partial charge in [-0.3, -0.25) is 9.78 Å². The van der Waals surface area contributed by atoms with E-state index in [1.807, 2.05) is 6.07 Å². The maximum Gasteiger partial charge on any atom is 0.234 e. The largest absolute Gasteiger partial charge is 0.325 e. The number of hydrogen-bond donors (Lipinski definition) is 1. The average Bonchev–Trinajstić information content (AvgIpc) is 2.93. The Balaban J connectivity index is 1.64. The summed E-state index contributed by atoms with van der Waals surface area (Å²) in [5.74, 6) is -1.25. The number of amides is 1. The van der Waals surface area contributed by atoms with Crippen molar-refractivity contribution in [2.24, 2.45) is 7.05 Å². The molecule has 1 amide bonds. The molecule has 0 spiro atoms. The number of nitrogens with zero attached hydrogens (tertiary/aromatic N) is 4. The predicted molar refractivity (Wildman–Crippen MR) is 89.9 cm³/mol. The molecule has 128 valence electrons. The number of anilines is 1. The lowest BCUT2D eigenvalue weighted by atomic mass is 10.3. The average molecular weight is 361 g/mol. The van der Waals surface area contributed by atoms with Crippen molar-refractivity contribution in [3.8, 4) is 11.4 Å². The molecule has 9 heteroatoms. The monoisotopic (exact) mass is 361 g/mol. The lowest BCUT2D eigenvalue weighted by Gasteiger charge is -2.06. The number of halogens is 2. The molecule has 1 aromatic carbocycles. The van der Waals surface area contributed by atoms with Gasteiger partial charge < -0.3 is 9.88 Å². The Morgan fingerprint density at radius 1 is 1.24 bits per heavy atom. The second-order valence-electron chi connectivity index (χ2n) is 5.10. The Labute approximate surface area is 146 Å². The van der Waals surface area contributed by atoms with Gasteiger partial charge in [0.1, 0.15) is 11.6 Å². The molecule has 0 atom stereocenters. The van der Waals surface area contributed by atoms with Crippen LogP contribution in [0.1, 0.15) is 0 Å². The van der Waals surface area contributed by atoms with Gasteiger partial charge in [-0.1, -0.05) is 11.8 Å². The highest BCUT2D eigenvalue weighted by Crippen LogP contribution is 2.22. The molecule has 1 N–H and O–H groups in total. The van der Waals surface area contributed by atoms with Crippen LogP contribution in [0.15, 0.2) is 47.9 Å². The van der Waals surface area contributed by atoms with Crippen molar-refractivity contribution in [3.05, 3.63) is 54.4 Å². The number of rotatable bonds is 5. The van der Waals surface area contributed by atoms with Gasteiger partial charge in [0.25, 0.3) is 0 Å². The summed E-state index contributed by atoms with van der Waals surface area (Å²) in [7, 11) is 1.78. The maximum atomic E-state index is 13.1. The second kappa shape index (κ2) is 7.39. The van der Waals surface area contributed by atoms with Crippen LogP contribution in [0.5, 0.6) is 0 Å². The molecule has 2 heterocycles. The fraction of sp³-hybridized carbons (Fsp3) is 0.125. The summed E-state index contributed by atoms with van der Waals surface area (Å²) >= 11 is 1.17. The standard InChI is InChI=1S/C16H13F2N5OS/c1-23-15(10-3-2-4-19-8-10)21-22-16(23)25-9-14(24)20-13-6-11(17)5-12(18)7-13/h2-8H,9H2,1H3,(H,20,24). The Bertz CT molecular complexity index is 881. The molecule has 2 aromatic heterocycles. The lowest BCUT2D eigenvalue weighted by molar-refractivity contribution is -0.113. The topological polar surface area (TPSA) is 72.7 Å². The van der Waals surface area contributed by atoms with E-state index in [1.165, 1.54) is 11.8 Å². The molecular weight excluding hydrogens is 348 g/mol. The maximum absolute atomic E-state index is 13.1. The highest BCUT2D eigenvalue weighted by atomic mass is 32.2. The van der Waals surface area contributed by atoms with Gasteiger partial charge in [-0.05, 0) is 24.3 Å². The van der Waals surface area contributed by atoms with Crippen LogP contribution in [0.2, 0.25) is 0 Å². The number of carbonyl (C=O) groups excluding carboxylic acids is 1. The van der Waals surface area contributed by atoms with Crippen LogP contribution in [0.3, 0.4) is 0 Å². The fourth-order valence-electron chi connectivity index (χ4n) is 2.14. The molecule has 3 rings (SSSR count). The van der Waals surface area contributed by atoms with Gasteiger partial charge in [0, 0.05) is 36.8 Å². The van der Waals surface area contributed by atoms with E-state index in [0.29, 0.717) is 11.0 Å². The van der Waals surface area contributed by atoms with Crippen LogP contribution in [-0.2, 0) is 11.8 Å². The van der Waals surface area contributed by atoms with E-state index in [-0.39, 0.29) is 11.4 Å². The molecule has 0 saturated heterocycles. The minimum Gasteiger partial charge on any atom is -0.325 e. The SMILES string of the molecule is Cn1c(SCC(=O)Nc2cc(F)cc(F)c2)nnc1-c1cccnc1. The number of aromatic nitrogens is 4. The normalized spacial score (nSPS) is 10.7. The fourth-order valence-corrected chi connectivity index (χ4v) is 2.85. The first kappa shape index (κ1) is 17.0. The minimum absolute atomic E-state index is 0.0249. The van der Waals surface area contributed by atoms with E-state index >= 15 is 0 Å². The molecule has 6 nitrogen and oxygen atoms in total. The Morgan fingerprint density at radius 3 is 2.68 bits per heavy atom. The van der Waals surface area contributed by atoms with Crippen molar-refractivity contribution >= 4 is 23.4 Å². The number of pyridine rings is 1. The van der Waals surface area contributed by atoms with E-state index in [2.05, 4.69) is 20.5 Å². The quantitative estimate of drug-likeness (QED) is 0.708. The lowest BCUT2D eigenvalue weighted by Crippen LogP contribution is -2.14. The van der Waals surface area contributed by atoms with Crippen LogP contribution in [-0.4, -0.2) is 31.4 Å². The van der Waals surface area contributed by atoms with Crippen molar-refractivity contribution in [2.75, 3.05) is 11.1 Å². The minimum atomic E-state index is -0.752. The zero-order chi connectivity index (χ0) is 17.8. The summed E-state index contributed by atoms with van der Waals surface area (Å²) in [5.41, 5.74) is 0.876. The Morgan fingerprint density at radius 2 is 2.00 bits per heavy atom. The molecule has 3 aromatic rings. The van der Waals surface area contributed by atoms with Crippen molar-refractivity contribution in [3.63, 3.8) is 0 Å². The van der Waals surface area contributed by atoms with Crippen molar-refractivity contribution in [1.29, 1.82) is 0 Å². The summed E-state index contributed by atoms with van der Waals surface area (Å²) < 4.78 is 28.0. The zero-order valence-electron chi connectivity index (χ0n) is 13.1. The van der Waals surface area contributed by atoms with Crippen molar-refractivity contribution in [2.45, 2.75) is 5.16 Å². The van der Waals surface area contributed by atoms with Gasteiger partial charge in [-0.25, -0.2) is 8.78 Å². The molecular formula is C16H13F2N5OS. The molecule has 0 bridgehead atoms. The molecule has 0 unspecified atom stereocenters. The van der Waals surface area contributed by atoms with Gasteiger partial charge in [-0.15, -0.1) is 10.2 Å². The zero-order valence-corrected chi connectivity index (χ0v) is 13.9. The third-order valence-corrected chi connectivity index (χ3v) is 4.25. The van der Waals surface area contributed by atoms with E-state index in [0.717, 1.165) is 23.8 Å². The summed E-state index contributed by atoms with van der Waals surface area (Å²) in [6, 6.07) is 6.49. The van der Waals surface area contributed by atoms with Gasteiger partial charge in [-0.2, -0.15) is 0 Å². The van der Waals surface area contributed by atoms with Gasteiger partial charge >= 0.3 is 0 Å². The van der Waals surface area contributed by atoms with Crippen LogP contribution in [0.4, 0.5) is 14.5 Å². The first-order valence-corrected chi connectivity index (χ1v) is 8.20. The van der Waals surface area contributed by atoms with Crippen LogP contribution < -0.4 is 5.32 Å². The van der Waals surface area contributed by atoms with Crippen LogP contribution in [0.25, 0.3) is 11.4 Å². The molecule has 25 heavy (non-hydrogen) atoms. The van der Waals surface area contributed by atoms with Crippen LogP contribution >= 0.6 is 11.8 Å². The summed E-state index contributed by atoms with van der Waals surface area (Å²) in [6.07, 6.45) is 3.33. The second-order valence-corrected chi connectivity index (χ2v) is 6.04. The first-order valence-electron chi connectivity index (χ1n) is 7.21. The van der Waals surface area contributed by atoms with E-state index < -0.39 is 17.5 Å².